The molecule has 1 N–H and O–H groups in total. The quantitative estimate of drug-likeness (QED) is 0.822. The van der Waals surface area contributed by atoms with Crippen LogP contribution < -0.4 is 10.1 Å². The molecule has 0 unspecified atom stereocenters. The van der Waals surface area contributed by atoms with Gasteiger partial charge in [0.1, 0.15) is 5.75 Å². The predicted octanol–water partition coefficient (Wildman–Crippen LogP) is 3.23. The summed E-state index contributed by atoms with van der Waals surface area (Å²) >= 11 is 3.73. The highest BCUT2D eigenvalue weighted by molar-refractivity contribution is 7.96. The summed E-state index contributed by atoms with van der Waals surface area (Å²) in [7, 11) is 1.67. The van der Waals surface area contributed by atoms with E-state index in [1.54, 1.807) is 7.11 Å². The van der Waals surface area contributed by atoms with E-state index in [-0.39, 0.29) is 10.7 Å². The van der Waals surface area contributed by atoms with E-state index < -0.39 is 0 Å². The van der Waals surface area contributed by atoms with Crippen LogP contribution in [-0.2, 0) is 5.41 Å². The van der Waals surface area contributed by atoms with Crippen molar-refractivity contribution in [3.63, 3.8) is 0 Å². The standard InChI is InChI=1S/C14H21NO2S/c1-9-7-12(17-5)10(2)6-11(9)14(3,4)8-15-13(16)18/h6-7H,8H2,1-5H3,(H2,15,16,18). The van der Waals surface area contributed by atoms with E-state index in [1.165, 1.54) is 5.56 Å². The molecule has 1 aromatic rings. The van der Waals surface area contributed by atoms with Gasteiger partial charge in [-0.25, -0.2) is 0 Å². The maximum atomic E-state index is 10.9. The first kappa shape index (κ1) is 14.9. The van der Waals surface area contributed by atoms with E-state index in [0.29, 0.717) is 6.54 Å². The first-order valence-corrected chi connectivity index (χ1v) is 6.35. The SMILES string of the molecule is COc1cc(C)c(C(C)(C)CNC(=O)S)cc1C. The molecule has 4 heteroatoms. The summed E-state index contributed by atoms with van der Waals surface area (Å²) < 4.78 is 5.31. The fourth-order valence-electron chi connectivity index (χ4n) is 2.13. The molecule has 1 aromatic carbocycles. The normalized spacial score (nSPS) is 11.2. The first-order chi connectivity index (χ1) is 8.27. The summed E-state index contributed by atoms with van der Waals surface area (Å²) in [6.45, 7) is 8.84. The van der Waals surface area contributed by atoms with Crippen LogP contribution in [0.25, 0.3) is 0 Å². The topological polar surface area (TPSA) is 38.3 Å². The molecule has 18 heavy (non-hydrogen) atoms. The summed E-state index contributed by atoms with van der Waals surface area (Å²) in [4.78, 5) is 10.9. The Labute approximate surface area is 114 Å². The number of carbonyl (C=O) groups is 1. The number of benzene rings is 1. The largest absolute Gasteiger partial charge is 0.496 e. The summed E-state index contributed by atoms with van der Waals surface area (Å²) in [5, 5.41) is 2.45. The molecule has 0 aliphatic heterocycles. The number of amides is 1. The molecule has 1 amide bonds. The minimum absolute atomic E-state index is 0.139. The van der Waals surface area contributed by atoms with Crippen LogP contribution in [0.5, 0.6) is 5.75 Å². The van der Waals surface area contributed by atoms with Gasteiger partial charge in [-0.05, 0) is 36.6 Å². The first-order valence-electron chi connectivity index (χ1n) is 5.90. The number of ether oxygens (including phenoxy) is 1. The molecule has 0 aliphatic carbocycles. The molecule has 100 valence electrons. The maximum absolute atomic E-state index is 10.9. The third kappa shape index (κ3) is 3.42. The highest BCUT2D eigenvalue weighted by atomic mass is 32.1. The molecular formula is C14H21NO2S. The third-order valence-electron chi connectivity index (χ3n) is 3.15. The molecule has 0 atom stereocenters. The molecule has 0 spiro atoms. The Morgan fingerprint density at radius 2 is 1.94 bits per heavy atom. The summed E-state index contributed by atoms with van der Waals surface area (Å²) in [6, 6.07) is 4.16. The van der Waals surface area contributed by atoms with Gasteiger partial charge in [0.05, 0.1) is 7.11 Å². The molecule has 0 saturated carbocycles. The number of methoxy groups -OCH3 is 1. The van der Waals surface area contributed by atoms with Gasteiger partial charge in [0.15, 0.2) is 0 Å². The Balaban J connectivity index is 3.08. The van der Waals surface area contributed by atoms with Crippen LogP contribution in [0.1, 0.15) is 30.5 Å². The van der Waals surface area contributed by atoms with Crippen molar-refractivity contribution < 1.29 is 9.53 Å². The smallest absolute Gasteiger partial charge is 0.276 e. The average molecular weight is 267 g/mol. The zero-order chi connectivity index (χ0) is 13.9. The zero-order valence-corrected chi connectivity index (χ0v) is 12.5. The van der Waals surface area contributed by atoms with Gasteiger partial charge in [0.25, 0.3) is 5.24 Å². The maximum Gasteiger partial charge on any atom is 0.276 e. The van der Waals surface area contributed by atoms with Crippen LogP contribution in [0.2, 0.25) is 0 Å². The van der Waals surface area contributed by atoms with E-state index in [1.807, 2.05) is 13.0 Å². The number of hydrogen-bond acceptors (Lipinski definition) is 2. The summed E-state index contributed by atoms with van der Waals surface area (Å²) in [5.74, 6) is 0.894. The van der Waals surface area contributed by atoms with Crippen molar-refractivity contribution in [1.82, 2.24) is 5.32 Å². The lowest BCUT2D eigenvalue weighted by Crippen LogP contribution is -2.34. The molecule has 0 aromatic heterocycles. The van der Waals surface area contributed by atoms with Crippen molar-refractivity contribution in [3.8, 4) is 5.75 Å². The molecule has 1 rings (SSSR count). The Morgan fingerprint density at radius 3 is 2.44 bits per heavy atom. The average Bonchev–Trinajstić information content (AvgIpc) is 2.29. The van der Waals surface area contributed by atoms with Crippen LogP contribution >= 0.6 is 12.6 Å². The minimum Gasteiger partial charge on any atom is -0.496 e. The van der Waals surface area contributed by atoms with Crippen LogP contribution in [0.15, 0.2) is 12.1 Å². The number of thiol groups is 1. The minimum atomic E-state index is -0.300. The number of rotatable bonds is 4. The van der Waals surface area contributed by atoms with Crippen molar-refractivity contribution in [2.75, 3.05) is 13.7 Å². The molecular weight excluding hydrogens is 246 g/mol. The third-order valence-corrected chi connectivity index (χ3v) is 3.31. The van der Waals surface area contributed by atoms with E-state index >= 15 is 0 Å². The van der Waals surface area contributed by atoms with Crippen LogP contribution in [0.4, 0.5) is 4.79 Å². The second-order valence-corrected chi connectivity index (χ2v) is 5.59. The fourth-order valence-corrected chi connectivity index (χ4v) is 2.21. The van der Waals surface area contributed by atoms with Crippen molar-refractivity contribution in [2.24, 2.45) is 0 Å². The van der Waals surface area contributed by atoms with Crippen LogP contribution in [0.3, 0.4) is 0 Å². The van der Waals surface area contributed by atoms with Gasteiger partial charge in [-0.3, -0.25) is 4.79 Å². The van der Waals surface area contributed by atoms with Gasteiger partial charge in [-0.1, -0.05) is 32.5 Å². The van der Waals surface area contributed by atoms with E-state index in [2.05, 4.69) is 44.8 Å². The lowest BCUT2D eigenvalue weighted by Gasteiger charge is -2.28. The van der Waals surface area contributed by atoms with Gasteiger partial charge in [-0.2, -0.15) is 0 Å². The molecule has 0 bridgehead atoms. The van der Waals surface area contributed by atoms with Gasteiger partial charge < -0.3 is 10.1 Å². The van der Waals surface area contributed by atoms with E-state index in [0.717, 1.165) is 16.9 Å². The highest BCUT2D eigenvalue weighted by Crippen LogP contribution is 2.31. The second-order valence-electron chi connectivity index (χ2n) is 5.18. The van der Waals surface area contributed by atoms with Crippen LogP contribution in [0, 0.1) is 13.8 Å². The van der Waals surface area contributed by atoms with Crippen molar-refractivity contribution >= 4 is 17.9 Å². The molecule has 0 fully saturated rings. The molecule has 0 heterocycles. The zero-order valence-electron chi connectivity index (χ0n) is 11.6. The number of carbonyl (C=O) groups excluding carboxylic acids is 1. The number of hydrogen-bond donors (Lipinski definition) is 2. The van der Waals surface area contributed by atoms with Gasteiger partial charge in [0.2, 0.25) is 0 Å². The lowest BCUT2D eigenvalue weighted by molar-refractivity contribution is 0.258. The fraction of sp³-hybridized carbons (Fsp3) is 0.500. The van der Waals surface area contributed by atoms with Crippen molar-refractivity contribution in [1.29, 1.82) is 0 Å². The Morgan fingerprint density at radius 1 is 1.33 bits per heavy atom. The molecule has 3 nitrogen and oxygen atoms in total. The Kier molecular flexibility index (Phi) is 4.68. The summed E-state index contributed by atoms with van der Waals surface area (Å²) in [5.41, 5.74) is 3.33. The number of aryl methyl sites for hydroxylation is 2. The second kappa shape index (κ2) is 5.65. The Bertz CT molecular complexity index is 455. The Hall–Kier alpha value is -1.16. The van der Waals surface area contributed by atoms with Gasteiger partial charge in [0, 0.05) is 12.0 Å². The number of nitrogens with one attached hydrogen (secondary N) is 1. The monoisotopic (exact) mass is 267 g/mol. The lowest BCUT2D eigenvalue weighted by atomic mass is 9.81. The molecule has 0 radical (unpaired) electrons. The van der Waals surface area contributed by atoms with Crippen LogP contribution in [-0.4, -0.2) is 18.9 Å². The molecule has 0 saturated heterocycles. The van der Waals surface area contributed by atoms with Gasteiger partial charge in [-0.15, -0.1) is 0 Å². The summed E-state index contributed by atoms with van der Waals surface area (Å²) in [6.07, 6.45) is 0. The van der Waals surface area contributed by atoms with Crippen molar-refractivity contribution in [2.45, 2.75) is 33.1 Å². The van der Waals surface area contributed by atoms with E-state index in [9.17, 15) is 4.79 Å². The van der Waals surface area contributed by atoms with Crippen molar-refractivity contribution in [3.05, 3.63) is 28.8 Å². The van der Waals surface area contributed by atoms with Gasteiger partial charge >= 0.3 is 0 Å². The predicted molar refractivity (Wildman–Crippen MR) is 77.9 cm³/mol. The molecule has 0 aliphatic rings. The van der Waals surface area contributed by atoms with E-state index in [4.69, 9.17) is 4.74 Å². The highest BCUT2D eigenvalue weighted by Gasteiger charge is 2.23.